The van der Waals surface area contributed by atoms with Gasteiger partial charge in [-0.25, -0.2) is 4.85 Å². The first kappa shape index (κ1) is 13.9. The maximum atomic E-state index is 11.8. The minimum Gasteiger partial charge on any atom is -0.381 e. The summed E-state index contributed by atoms with van der Waals surface area (Å²) in [5.74, 6) is -0.232. The molecule has 1 N–H and O–H groups in total. The van der Waals surface area contributed by atoms with Crippen LogP contribution >= 0.6 is 15.9 Å². The molecule has 0 aliphatic carbocycles. The zero-order chi connectivity index (χ0) is 13.1. The van der Waals surface area contributed by atoms with Crippen molar-refractivity contribution in [1.29, 1.82) is 0 Å². The second kappa shape index (κ2) is 5.44. The van der Waals surface area contributed by atoms with Crippen molar-refractivity contribution in [1.82, 2.24) is 0 Å². The fourth-order valence-corrected chi connectivity index (χ4v) is 1.72. The largest absolute Gasteiger partial charge is 0.381 e. The summed E-state index contributed by atoms with van der Waals surface area (Å²) in [6.45, 7) is 10.3. The molecule has 0 saturated carbocycles. The first-order valence-electron chi connectivity index (χ1n) is 5.19. The Morgan fingerprint density at radius 2 is 2.24 bits per heavy atom. The molecule has 0 heterocycles. The predicted octanol–water partition coefficient (Wildman–Crippen LogP) is 2.80. The van der Waals surface area contributed by atoms with E-state index in [2.05, 4.69) is 20.8 Å². The van der Waals surface area contributed by atoms with Crippen LogP contribution in [0.5, 0.6) is 0 Å². The number of ketones is 1. The van der Waals surface area contributed by atoms with Crippen molar-refractivity contribution in [3.8, 4) is 0 Å². The lowest BCUT2D eigenvalue weighted by Crippen LogP contribution is -2.38. The lowest BCUT2D eigenvalue weighted by atomic mass is 9.96. The van der Waals surface area contributed by atoms with Gasteiger partial charge in [-0.3, -0.25) is 4.79 Å². The van der Waals surface area contributed by atoms with E-state index < -0.39 is 5.60 Å². The van der Waals surface area contributed by atoms with Crippen LogP contribution in [0.1, 0.15) is 18.1 Å². The quantitative estimate of drug-likeness (QED) is 0.685. The molecule has 0 spiro atoms. The number of Topliss-reactive ketones (excluding diaryl/α,β-unsaturated/α-hetero) is 1. The number of carbonyl (C=O) groups is 1. The Labute approximate surface area is 109 Å². The third-order valence-corrected chi connectivity index (χ3v) is 3.70. The number of halogens is 1. The van der Waals surface area contributed by atoms with E-state index in [1.54, 1.807) is 12.1 Å². The Hall–Kier alpha value is -1.18. The van der Waals surface area contributed by atoms with Gasteiger partial charge in [0.1, 0.15) is 5.60 Å². The highest BCUT2D eigenvalue weighted by Gasteiger charge is 2.28. The van der Waals surface area contributed by atoms with Crippen LogP contribution in [0.4, 0.5) is 5.69 Å². The maximum absolute atomic E-state index is 11.8. The average Bonchev–Trinajstić information content (AvgIpc) is 2.29. The van der Waals surface area contributed by atoms with Crippen LogP contribution < -0.4 is 0 Å². The predicted molar refractivity (Wildman–Crippen MR) is 70.6 cm³/mol. The van der Waals surface area contributed by atoms with Crippen molar-refractivity contribution in [2.75, 3.05) is 5.33 Å². The molecule has 1 aromatic carbocycles. The van der Waals surface area contributed by atoms with Gasteiger partial charge in [0, 0.05) is 11.8 Å². The third-order valence-electron chi connectivity index (χ3n) is 2.61. The van der Waals surface area contributed by atoms with Crippen molar-refractivity contribution < 1.29 is 9.90 Å². The van der Waals surface area contributed by atoms with Crippen molar-refractivity contribution in [2.24, 2.45) is 0 Å². The number of aryl methyl sites for hydroxylation is 1. The monoisotopic (exact) mass is 295 g/mol. The molecular weight excluding hydrogens is 282 g/mol. The van der Waals surface area contributed by atoms with Gasteiger partial charge in [0.2, 0.25) is 0 Å². The van der Waals surface area contributed by atoms with Crippen LogP contribution in [0.15, 0.2) is 18.2 Å². The molecule has 0 aromatic heterocycles. The Bertz CT molecular complexity index is 475. The van der Waals surface area contributed by atoms with Crippen LogP contribution in [-0.2, 0) is 11.2 Å². The van der Waals surface area contributed by atoms with E-state index in [0.29, 0.717) is 5.69 Å². The molecule has 0 radical (unpaired) electrons. The summed E-state index contributed by atoms with van der Waals surface area (Å²) in [5.41, 5.74) is 0.921. The molecule has 1 aromatic rings. The Kier molecular flexibility index (Phi) is 4.44. The first-order valence-corrected chi connectivity index (χ1v) is 6.31. The molecule has 1 atom stereocenters. The molecule has 0 bridgehead atoms. The van der Waals surface area contributed by atoms with Crippen molar-refractivity contribution in [2.45, 2.75) is 25.9 Å². The minimum atomic E-state index is -1.34. The zero-order valence-corrected chi connectivity index (χ0v) is 11.4. The SMILES string of the molecule is [C-]#[N+]c1ccc(CC(=O)[C@](C)(O)CBr)cc1C. The minimum absolute atomic E-state index is 0.178. The van der Waals surface area contributed by atoms with E-state index >= 15 is 0 Å². The summed E-state index contributed by atoms with van der Waals surface area (Å²) in [7, 11) is 0. The molecule has 17 heavy (non-hydrogen) atoms. The molecule has 90 valence electrons. The molecule has 0 fully saturated rings. The van der Waals surface area contributed by atoms with Crippen LogP contribution in [0.25, 0.3) is 4.85 Å². The van der Waals surface area contributed by atoms with Crippen LogP contribution in [0, 0.1) is 13.5 Å². The molecule has 3 nitrogen and oxygen atoms in total. The fraction of sp³-hybridized carbons (Fsp3) is 0.385. The summed E-state index contributed by atoms with van der Waals surface area (Å²) in [6, 6.07) is 5.27. The van der Waals surface area contributed by atoms with Gasteiger partial charge >= 0.3 is 0 Å². The zero-order valence-electron chi connectivity index (χ0n) is 9.83. The fourth-order valence-electron chi connectivity index (χ4n) is 1.40. The second-order valence-corrected chi connectivity index (χ2v) is 4.80. The van der Waals surface area contributed by atoms with E-state index in [1.807, 2.05) is 13.0 Å². The van der Waals surface area contributed by atoms with Gasteiger partial charge in [-0.2, -0.15) is 0 Å². The number of benzene rings is 1. The number of hydrogen-bond acceptors (Lipinski definition) is 2. The summed E-state index contributed by atoms with van der Waals surface area (Å²) < 4.78 is 0. The van der Waals surface area contributed by atoms with Gasteiger partial charge in [0.15, 0.2) is 11.5 Å². The number of rotatable bonds is 4. The molecule has 4 heteroatoms. The van der Waals surface area contributed by atoms with E-state index in [-0.39, 0.29) is 17.5 Å². The van der Waals surface area contributed by atoms with Crippen LogP contribution in [0.2, 0.25) is 0 Å². The van der Waals surface area contributed by atoms with Gasteiger partial charge in [-0.05, 0) is 25.0 Å². The number of carbonyl (C=O) groups excluding carboxylic acids is 1. The Morgan fingerprint density at radius 3 is 2.71 bits per heavy atom. The van der Waals surface area contributed by atoms with E-state index in [1.165, 1.54) is 6.92 Å². The summed E-state index contributed by atoms with van der Waals surface area (Å²) in [5, 5.41) is 10.00. The Morgan fingerprint density at radius 1 is 1.59 bits per heavy atom. The van der Waals surface area contributed by atoms with Crippen LogP contribution in [-0.4, -0.2) is 21.8 Å². The molecule has 0 unspecified atom stereocenters. The Balaban J connectivity index is 2.88. The van der Waals surface area contributed by atoms with Gasteiger partial charge in [-0.1, -0.05) is 34.1 Å². The van der Waals surface area contributed by atoms with Gasteiger partial charge < -0.3 is 5.11 Å². The van der Waals surface area contributed by atoms with Gasteiger partial charge in [0.25, 0.3) is 0 Å². The highest BCUT2D eigenvalue weighted by Crippen LogP contribution is 2.21. The highest BCUT2D eigenvalue weighted by atomic mass is 79.9. The number of alkyl halides is 1. The number of aliphatic hydroxyl groups is 1. The van der Waals surface area contributed by atoms with Gasteiger partial charge in [0.05, 0.1) is 6.57 Å². The summed E-state index contributed by atoms with van der Waals surface area (Å²) >= 11 is 3.11. The first-order chi connectivity index (χ1) is 7.90. The lowest BCUT2D eigenvalue weighted by molar-refractivity contribution is -0.132. The lowest BCUT2D eigenvalue weighted by Gasteiger charge is -2.18. The smallest absolute Gasteiger partial charge is 0.190 e. The highest BCUT2D eigenvalue weighted by molar-refractivity contribution is 9.09. The van der Waals surface area contributed by atoms with Crippen LogP contribution in [0.3, 0.4) is 0 Å². The average molecular weight is 296 g/mol. The maximum Gasteiger partial charge on any atom is 0.190 e. The number of hydrogen-bond donors (Lipinski definition) is 1. The van der Waals surface area contributed by atoms with Gasteiger partial charge in [-0.15, -0.1) is 0 Å². The van der Waals surface area contributed by atoms with Crippen molar-refractivity contribution in [3.63, 3.8) is 0 Å². The van der Waals surface area contributed by atoms with Crippen molar-refractivity contribution >= 4 is 27.4 Å². The standard InChI is InChI=1S/C13H14BrNO2/c1-9-6-10(4-5-11(9)15-3)7-12(16)13(2,17)8-14/h4-6,17H,7-8H2,1-2H3/t13-/m1/s1. The van der Waals surface area contributed by atoms with E-state index in [0.717, 1.165) is 11.1 Å². The third kappa shape index (κ3) is 3.39. The molecule has 1 rings (SSSR count). The van der Waals surface area contributed by atoms with E-state index in [4.69, 9.17) is 6.57 Å². The molecule has 0 aliphatic rings. The molecule has 0 amide bonds. The summed E-state index contributed by atoms with van der Waals surface area (Å²) in [4.78, 5) is 15.2. The number of nitrogens with zero attached hydrogens (tertiary/aromatic N) is 1. The van der Waals surface area contributed by atoms with E-state index in [9.17, 15) is 9.90 Å². The normalized spacial score (nSPS) is 13.8. The topological polar surface area (TPSA) is 41.7 Å². The molecule has 0 saturated heterocycles. The molecular formula is C13H14BrNO2. The second-order valence-electron chi connectivity index (χ2n) is 4.24. The molecule has 0 aliphatic heterocycles. The van der Waals surface area contributed by atoms with Crippen molar-refractivity contribution in [3.05, 3.63) is 40.7 Å². The summed E-state index contributed by atoms with van der Waals surface area (Å²) in [6.07, 6.45) is 0.178.